The molecule has 0 fully saturated rings. The van der Waals surface area contributed by atoms with Gasteiger partial charge in [0, 0.05) is 36.7 Å². The molecule has 0 bridgehead atoms. The molecule has 6 nitrogen and oxygen atoms in total. The Morgan fingerprint density at radius 2 is 0.977 bits per heavy atom. The van der Waals surface area contributed by atoms with Gasteiger partial charge < -0.3 is 30.6 Å². The first kappa shape index (κ1) is 33.5. The average Bonchev–Trinajstić information content (AvgIpc) is 2.97. The highest BCUT2D eigenvalue weighted by Gasteiger charge is 2.23. The van der Waals surface area contributed by atoms with Crippen LogP contribution >= 0.6 is 0 Å². The zero-order valence-corrected chi connectivity index (χ0v) is 26.0. The first-order valence-corrected chi connectivity index (χ1v) is 14.9. The number of aliphatic hydroxyl groups excluding tert-OH is 2. The monoisotopic (exact) mass is 586 g/mol. The Bertz CT molecular complexity index is 1410. The fourth-order valence-electron chi connectivity index (χ4n) is 5.54. The lowest BCUT2D eigenvalue weighted by Crippen LogP contribution is -2.06. The summed E-state index contributed by atoms with van der Waals surface area (Å²) in [6, 6.07) is 19.0. The van der Waals surface area contributed by atoms with Crippen molar-refractivity contribution in [3.05, 3.63) is 116 Å². The second-order valence-corrected chi connectivity index (χ2v) is 11.3. The predicted molar refractivity (Wildman–Crippen MR) is 173 cm³/mol. The highest BCUT2D eigenvalue weighted by atomic mass is 16.3. The Kier molecular flexibility index (Phi) is 12.0. The van der Waals surface area contributed by atoms with E-state index < -0.39 is 0 Å². The van der Waals surface area contributed by atoms with Crippen molar-refractivity contribution in [3.8, 4) is 23.0 Å². The van der Waals surface area contributed by atoms with Gasteiger partial charge in [0.1, 0.15) is 23.0 Å². The fraction of sp³-hybridized carbons (Fsp3) is 0.351. The van der Waals surface area contributed by atoms with Crippen LogP contribution in [-0.4, -0.2) is 43.9 Å². The summed E-state index contributed by atoms with van der Waals surface area (Å²) in [6.07, 6.45) is 3.29. The van der Waals surface area contributed by atoms with Gasteiger partial charge in [-0.25, -0.2) is 0 Å². The van der Waals surface area contributed by atoms with E-state index in [1.54, 1.807) is 0 Å². The molecule has 0 atom stereocenters. The lowest BCUT2D eigenvalue weighted by atomic mass is 9.83. The number of phenols is 4. The van der Waals surface area contributed by atoms with E-state index in [0.29, 0.717) is 30.8 Å². The zero-order chi connectivity index (χ0) is 31.7. The number of aryl methyl sites for hydroxylation is 4. The van der Waals surface area contributed by atoms with Gasteiger partial charge in [-0.3, -0.25) is 0 Å². The first-order valence-electron chi connectivity index (χ1n) is 14.9. The summed E-state index contributed by atoms with van der Waals surface area (Å²) < 4.78 is 0. The average molecular weight is 587 g/mol. The third-order valence-electron chi connectivity index (χ3n) is 7.93. The smallest absolute Gasteiger partial charge is 0.122 e. The molecule has 0 aliphatic rings. The molecule has 230 valence electrons. The second kappa shape index (κ2) is 15.5. The Balaban J connectivity index is 0.000000257. The van der Waals surface area contributed by atoms with Gasteiger partial charge in [0.25, 0.3) is 0 Å². The summed E-state index contributed by atoms with van der Waals surface area (Å²) >= 11 is 0. The van der Waals surface area contributed by atoms with Crippen LogP contribution in [0.25, 0.3) is 0 Å². The maximum absolute atomic E-state index is 10.7. The van der Waals surface area contributed by atoms with Crippen LogP contribution in [0.4, 0.5) is 0 Å². The molecule has 0 unspecified atom stereocenters. The van der Waals surface area contributed by atoms with Crippen molar-refractivity contribution < 1.29 is 30.6 Å². The molecule has 6 heteroatoms. The number of aliphatic hydroxyl groups is 2. The maximum Gasteiger partial charge on any atom is 0.122 e. The van der Waals surface area contributed by atoms with Gasteiger partial charge in [-0.05, 0) is 91.5 Å². The number of aromatic hydroxyl groups is 4. The van der Waals surface area contributed by atoms with Crippen LogP contribution in [0.2, 0.25) is 0 Å². The van der Waals surface area contributed by atoms with Crippen LogP contribution in [-0.2, 0) is 19.3 Å². The molecule has 0 aliphatic heterocycles. The summed E-state index contributed by atoms with van der Waals surface area (Å²) in [6.45, 7) is 9.64. The molecule has 6 N–H and O–H groups in total. The summed E-state index contributed by atoms with van der Waals surface area (Å²) in [5.74, 6) is 0.973. The molecular weight excluding hydrogens is 540 g/mol. The van der Waals surface area contributed by atoms with Crippen molar-refractivity contribution in [2.75, 3.05) is 13.2 Å². The highest BCUT2D eigenvalue weighted by molar-refractivity contribution is 5.54. The maximum atomic E-state index is 10.7. The van der Waals surface area contributed by atoms with Crippen molar-refractivity contribution in [2.45, 2.75) is 72.6 Å². The van der Waals surface area contributed by atoms with E-state index in [1.165, 1.54) is 0 Å². The number of phenolic OH excluding ortho intramolecular Hbond substituents is 4. The van der Waals surface area contributed by atoms with Crippen LogP contribution in [0.3, 0.4) is 0 Å². The summed E-state index contributed by atoms with van der Waals surface area (Å²) in [5, 5.41) is 59.8. The van der Waals surface area contributed by atoms with Gasteiger partial charge in [-0.15, -0.1) is 0 Å². The number of benzene rings is 4. The van der Waals surface area contributed by atoms with Crippen LogP contribution < -0.4 is 0 Å². The topological polar surface area (TPSA) is 121 Å². The molecule has 43 heavy (non-hydrogen) atoms. The molecule has 0 spiro atoms. The van der Waals surface area contributed by atoms with Crippen LogP contribution in [0.1, 0.15) is 81.3 Å². The van der Waals surface area contributed by atoms with Gasteiger partial charge in [-0.1, -0.05) is 74.0 Å². The number of rotatable bonds is 10. The van der Waals surface area contributed by atoms with Gasteiger partial charge in [0.15, 0.2) is 0 Å². The van der Waals surface area contributed by atoms with Gasteiger partial charge in [0.2, 0.25) is 0 Å². The number of hydrogen-bond donors (Lipinski definition) is 6. The standard InChI is InChI=1S/C22H30O4.C15H16O2/c1-4-5-18(19-12-16(6-8-23)10-14(2)21(19)25)20-13-17(7-9-24)11-15(3)22(20)26;1-10-5-3-7-12(14(10)16)9-13-8-4-6-11(2)15(13)17/h10-13,18,23-26H,4-9H2,1-3H3;3-8,16-17H,9H2,1-2H3. The van der Waals surface area contributed by atoms with Crippen LogP contribution in [0.5, 0.6) is 23.0 Å². The molecule has 0 saturated carbocycles. The van der Waals surface area contributed by atoms with E-state index in [0.717, 1.165) is 68.5 Å². The molecule has 0 aromatic heterocycles. The van der Waals surface area contributed by atoms with Crippen molar-refractivity contribution in [2.24, 2.45) is 0 Å². The highest BCUT2D eigenvalue weighted by Crippen LogP contribution is 2.42. The molecule has 4 aromatic rings. The van der Waals surface area contributed by atoms with Crippen molar-refractivity contribution >= 4 is 0 Å². The molecule has 0 saturated heterocycles. The van der Waals surface area contributed by atoms with Gasteiger partial charge >= 0.3 is 0 Å². The summed E-state index contributed by atoms with van der Waals surface area (Å²) in [7, 11) is 0. The van der Waals surface area contributed by atoms with Gasteiger partial charge in [-0.2, -0.15) is 0 Å². The minimum atomic E-state index is -0.144. The predicted octanol–water partition coefficient (Wildman–Crippen LogP) is 7.02. The Hall–Kier alpha value is -4.00. The first-order chi connectivity index (χ1) is 20.5. The van der Waals surface area contributed by atoms with E-state index in [4.69, 9.17) is 0 Å². The van der Waals surface area contributed by atoms with E-state index in [-0.39, 0.29) is 30.6 Å². The van der Waals surface area contributed by atoms with Crippen LogP contribution in [0.15, 0.2) is 60.7 Å². The molecule has 4 rings (SSSR count). The molecule has 0 radical (unpaired) electrons. The second-order valence-electron chi connectivity index (χ2n) is 11.3. The lowest BCUT2D eigenvalue weighted by molar-refractivity contribution is 0.299. The minimum absolute atomic E-state index is 0.0540. The minimum Gasteiger partial charge on any atom is -0.507 e. The molecule has 4 aromatic carbocycles. The largest absolute Gasteiger partial charge is 0.507 e. The van der Waals surface area contributed by atoms with Crippen molar-refractivity contribution in [1.29, 1.82) is 0 Å². The summed E-state index contributed by atoms with van der Waals surface area (Å²) in [4.78, 5) is 0. The van der Waals surface area contributed by atoms with E-state index in [2.05, 4.69) is 6.92 Å². The Labute approximate surface area is 255 Å². The Morgan fingerprint density at radius 1 is 0.558 bits per heavy atom. The molecular formula is C37H46O6. The number of para-hydroxylation sites is 2. The molecule has 0 aliphatic carbocycles. The van der Waals surface area contributed by atoms with Crippen molar-refractivity contribution in [3.63, 3.8) is 0 Å². The fourth-order valence-corrected chi connectivity index (χ4v) is 5.54. The quantitative estimate of drug-likeness (QED) is 0.119. The number of hydrogen-bond acceptors (Lipinski definition) is 6. The SMILES string of the molecule is CCCC(c1cc(CCO)cc(C)c1O)c1cc(CCO)cc(C)c1O.Cc1cccc(Cc2cccc(C)c2O)c1O. The zero-order valence-electron chi connectivity index (χ0n) is 26.0. The van der Waals surface area contributed by atoms with E-state index in [1.807, 2.05) is 88.4 Å². The molecule has 0 heterocycles. The van der Waals surface area contributed by atoms with Gasteiger partial charge in [0.05, 0.1) is 0 Å². The van der Waals surface area contributed by atoms with Crippen LogP contribution in [0, 0.1) is 27.7 Å². The van der Waals surface area contributed by atoms with E-state index >= 15 is 0 Å². The normalized spacial score (nSPS) is 11.0. The third kappa shape index (κ3) is 8.31. The molecule has 0 amide bonds. The van der Waals surface area contributed by atoms with Crippen molar-refractivity contribution in [1.82, 2.24) is 0 Å². The van der Waals surface area contributed by atoms with E-state index in [9.17, 15) is 30.6 Å². The third-order valence-corrected chi connectivity index (χ3v) is 7.93. The Morgan fingerprint density at radius 3 is 1.35 bits per heavy atom. The summed E-state index contributed by atoms with van der Waals surface area (Å²) in [5.41, 5.74) is 8.45. The lowest BCUT2D eigenvalue weighted by Gasteiger charge is -2.23.